The van der Waals surface area contributed by atoms with Gasteiger partial charge in [-0.2, -0.15) is 0 Å². The summed E-state index contributed by atoms with van der Waals surface area (Å²) in [5, 5.41) is 12.0. The van der Waals surface area contributed by atoms with Gasteiger partial charge in [-0.25, -0.2) is 9.59 Å². The molecule has 1 saturated heterocycles. The van der Waals surface area contributed by atoms with E-state index in [2.05, 4.69) is 12.2 Å². The van der Waals surface area contributed by atoms with Gasteiger partial charge in [0.05, 0.1) is 0 Å². The first-order valence-electron chi connectivity index (χ1n) is 6.74. The van der Waals surface area contributed by atoms with E-state index >= 15 is 0 Å². The average Bonchev–Trinajstić information content (AvgIpc) is 3.13. The summed E-state index contributed by atoms with van der Waals surface area (Å²) in [5.41, 5.74) is -1.10. The van der Waals surface area contributed by atoms with Gasteiger partial charge in [0, 0.05) is 13.1 Å². The van der Waals surface area contributed by atoms with Crippen molar-refractivity contribution in [2.45, 2.75) is 45.1 Å². The van der Waals surface area contributed by atoms with Crippen LogP contribution in [0.1, 0.15) is 39.5 Å². The first-order chi connectivity index (χ1) is 8.43. The number of amides is 2. The Bertz CT molecular complexity index is 346. The fourth-order valence-corrected chi connectivity index (χ4v) is 2.50. The zero-order valence-electron chi connectivity index (χ0n) is 11.1. The Morgan fingerprint density at radius 2 is 1.78 bits per heavy atom. The topological polar surface area (TPSA) is 69.6 Å². The molecule has 0 radical (unpaired) electrons. The van der Waals surface area contributed by atoms with E-state index in [-0.39, 0.29) is 11.9 Å². The molecule has 0 aromatic heterocycles. The number of nitrogens with one attached hydrogen (secondary N) is 1. The monoisotopic (exact) mass is 254 g/mol. The maximum atomic E-state index is 12.1. The van der Waals surface area contributed by atoms with Gasteiger partial charge in [-0.3, -0.25) is 0 Å². The highest BCUT2D eigenvalue weighted by Crippen LogP contribution is 2.39. The predicted octanol–water partition coefficient (Wildman–Crippen LogP) is 1.68. The summed E-state index contributed by atoms with van der Waals surface area (Å²) < 4.78 is 0. The van der Waals surface area contributed by atoms with Gasteiger partial charge in [0.1, 0.15) is 5.54 Å². The van der Waals surface area contributed by atoms with Crippen LogP contribution in [0.3, 0.4) is 0 Å². The number of carbonyl (C=O) groups is 2. The van der Waals surface area contributed by atoms with E-state index in [1.807, 2.05) is 0 Å². The number of urea groups is 1. The van der Waals surface area contributed by atoms with Crippen LogP contribution in [0.4, 0.5) is 4.79 Å². The summed E-state index contributed by atoms with van der Waals surface area (Å²) in [5.74, 6) is -0.185. The highest BCUT2D eigenvalue weighted by atomic mass is 16.4. The van der Waals surface area contributed by atoms with Crippen LogP contribution in [0.2, 0.25) is 0 Å². The fourth-order valence-electron chi connectivity index (χ4n) is 2.50. The molecular weight excluding hydrogens is 232 g/mol. The number of hydrogen-bond acceptors (Lipinski definition) is 2. The van der Waals surface area contributed by atoms with Crippen molar-refractivity contribution < 1.29 is 14.7 Å². The first-order valence-corrected chi connectivity index (χ1v) is 6.74. The Hall–Kier alpha value is -1.26. The summed E-state index contributed by atoms with van der Waals surface area (Å²) in [6, 6.07) is -0.223. The molecule has 1 unspecified atom stereocenters. The molecule has 0 aromatic rings. The summed E-state index contributed by atoms with van der Waals surface area (Å²) in [4.78, 5) is 25.2. The summed E-state index contributed by atoms with van der Waals surface area (Å²) in [6.45, 7) is 5.26. The van der Waals surface area contributed by atoms with Crippen LogP contribution in [0, 0.1) is 11.8 Å². The maximum Gasteiger partial charge on any atom is 0.329 e. The number of hydrogen-bond donors (Lipinski definition) is 2. The lowest BCUT2D eigenvalue weighted by molar-refractivity contribution is -0.144. The van der Waals surface area contributed by atoms with Gasteiger partial charge in [-0.1, -0.05) is 6.92 Å². The molecule has 1 saturated carbocycles. The SMILES string of the molecule is CC1CCN(C(=O)NC(C)(C(=O)O)C2CC2)CC1. The first kappa shape index (κ1) is 13.2. The van der Waals surface area contributed by atoms with Crippen LogP contribution in [-0.2, 0) is 4.79 Å². The second-order valence-corrected chi connectivity index (χ2v) is 5.88. The van der Waals surface area contributed by atoms with Gasteiger partial charge in [-0.05, 0) is 44.4 Å². The zero-order chi connectivity index (χ0) is 13.3. The van der Waals surface area contributed by atoms with E-state index in [9.17, 15) is 14.7 Å². The molecule has 1 atom stereocenters. The summed E-state index contributed by atoms with van der Waals surface area (Å²) in [7, 11) is 0. The van der Waals surface area contributed by atoms with E-state index in [0.29, 0.717) is 5.92 Å². The summed E-state index contributed by atoms with van der Waals surface area (Å²) >= 11 is 0. The third-order valence-electron chi connectivity index (χ3n) is 4.28. The number of carbonyl (C=O) groups excluding carboxylic acids is 1. The van der Waals surface area contributed by atoms with Crippen LogP contribution in [-0.4, -0.2) is 40.6 Å². The van der Waals surface area contributed by atoms with Crippen molar-refractivity contribution >= 4 is 12.0 Å². The van der Waals surface area contributed by atoms with Gasteiger partial charge in [0.2, 0.25) is 0 Å². The number of carboxylic acid groups (broad SMARTS) is 1. The normalized spacial score (nSPS) is 24.4. The number of rotatable bonds is 3. The van der Waals surface area contributed by atoms with E-state index < -0.39 is 11.5 Å². The maximum absolute atomic E-state index is 12.1. The van der Waals surface area contributed by atoms with E-state index in [4.69, 9.17) is 0 Å². The van der Waals surface area contributed by atoms with Crippen molar-refractivity contribution in [3.05, 3.63) is 0 Å². The molecule has 1 aliphatic heterocycles. The predicted molar refractivity (Wildman–Crippen MR) is 67.3 cm³/mol. The van der Waals surface area contributed by atoms with Crippen LogP contribution in [0.5, 0.6) is 0 Å². The largest absolute Gasteiger partial charge is 0.480 e. The van der Waals surface area contributed by atoms with Crippen molar-refractivity contribution in [1.29, 1.82) is 0 Å². The zero-order valence-corrected chi connectivity index (χ0v) is 11.1. The van der Waals surface area contributed by atoms with Gasteiger partial charge < -0.3 is 15.3 Å². The minimum atomic E-state index is -1.10. The van der Waals surface area contributed by atoms with Crippen LogP contribution in [0.15, 0.2) is 0 Å². The molecule has 2 fully saturated rings. The van der Waals surface area contributed by atoms with E-state index in [1.165, 1.54) is 0 Å². The highest BCUT2D eigenvalue weighted by molar-refractivity contribution is 5.86. The minimum absolute atomic E-state index is 0.0858. The van der Waals surface area contributed by atoms with Crippen molar-refractivity contribution in [2.24, 2.45) is 11.8 Å². The van der Waals surface area contributed by atoms with Gasteiger partial charge >= 0.3 is 12.0 Å². The molecule has 102 valence electrons. The number of likely N-dealkylation sites (tertiary alicyclic amines) is 1. The Morgan fingerprint density at radius 3 is 2.22 bits per heavy atom. The third kappa shape index (κ3) is 2.60. The standard InChI is InChI=1S/C13H22N2O3/c1-9-5-7-15(8-6-9)12(18)14-13(2,11(16)17)10-3-4-10/h9-10H,3-8H2,1-2H3,(H,14,18)(H,16,17). The molecule has 5 nitrogen and oxygen atoms in total. The minimum Gasteiger partial charge on any atom is -0.480 e. The molecule has 0 spiro atoms. The lowest BCUT2D eigenvalue weighted by Crippen LogP contribution is -2.58. The quantitative estimate of drug-likeness (QED) is 0.805. The molecule has 0 bridgehead atoms. The third-order valence-corrected chi connectivity index (χ3v) is 4.28. The summed E-state index contributed by atoms with van der Waals surface area (Å²) in [6.07, 6.45) is 3.78. The van der Waals surface area contributed by atoms with Crippen molar-refractivity contribution in [2.75, 3.05) is 13.1 Å². The molecule has 0 aromatic carbocycles. The van der Waals surface area contributed by atoms with E-state index in [1.54, 1.807) is 11.8 Å². The van der Waals surface area contributed by atoms with Gasteiger partial charge in [0.25, 0.3) is 0 Å². The number of aliphatic carboxylic acids is 1. The molecule has 18 heavy (non-hydrogen) atoms. The van der Waals surface area contributed by atoms with Gasteiger partial charge in [0.15, 0.2) is 0 Å². The number of piperidine rings is 1. The number of nitrogens with zero attached hydrogens (tertiary/aromatic N) is 1. The molecule has 5 heteroatoms. The molecule has 2 rings (SSSR count). The van der Waals surface area contributed by atoms with Crippen molar-refractivity contribution in [1.82, 2.24) is 10.2 Å². The lowest BCUT2D eigenvalue weighted by Gasteiger charge is -2.34. The Labute approximate surface area is 108 Å². The molecule has 1 aliphatic carbocycles. The van der Waals surface area contributed by atoms with E-state index in [0.717, 1.165) is 38.8 Å². The van der Waals surface area contributed by atoms with Crippen LogP contribution >= 0.6 is 0 Å². The molecule has 2 N–H and O–H groups in total. The van der Waals surface area contributed by atoms with Crippen LogP contribution < -0.4 is 5.32 Å². The number of carboxylic acids is 1. The smallest absolute Gasteiger partial charge is 0.329 e. The molecular formula is C13H22N2O3. The molecule has 1 heterocycles. The lowest BCUT2D eigenvalue weighted by atomic mass is 9.96. The van der Waals surface area contributed by atoms with Crippen LogP contribution in [0.25, 0.3) is 0 Å². The second kappa shape index (κ2) is 4.78. The van der Waals surface area contributed by atoms with Crippen molar-refractivity contribution in [3.8, 4) is 0 Å². The fraction of sp³-hybridized carbons (Fsp3) is 0.846. The average molecular weight is 254 g/mol. The van der Waals surface area contributed by atoms with Gasteiger partial charge in [-0.15, -0.1) is 0 Å². The molecule has 2 aliphatic rings. The molecule has 2 amide bonds. The Kier molecular flexibility index (Phi) is 3.50. The van der Waals surface area contributed by atoms with Crippen molar-refractivity contribution in [3.63, 3.8) is 0 Å². The second-order valence-electron chi connectivity index (χ2n) is 5.88. The Morgan fingerprint density at radius 1 is 1.22 bits per heavy atom. The highest BCUT2D eigenvalue weighted by Gasteiger charge is 2.49. The Balaban J connectivity index is 1.95.